The molecule has 0 amide bonds. The number of rotatable bonds is 8. The second-order valence-corrected chi connectivity index (χ2v) is 24.8. The predicted molar refractivity (Wildman–Crippen MR) is 398 cm³/mol. The fourth-order valence-electron chi connectivity index (χ4n) is 9.66. The van der Waals surface area contributed by atoms with Crippen molar-refractivity contribution >= 4 is 17.1 Å². The Labute approximate surface area is 691 Å². The molecule has 13 aromatic rings. The molecule has 12 heterocycles. The molecule has 0 spiro atoms. The zero-order valence-corrected chi connectivity index (χ0v) is 70.9. The molecule has 19 nitrogen and oxygen atoms in total. The van der Waals surface area contributed by atoms with E-state index >= 15 is 0 Å². The van der Waals surface area contributed by atoms with Gasteiger partial charge in [-0.15, -0.1) is 54.2 Å². The largest absolute Gasteiger partial charge is 3.00 e. The number of pyridine rings is 4. The average Bonchev–Trinajstić information content (AvgIpc) is 1.46. The Bertz CT molecular complexity index is 4750. The van der Waals surface area contributed by atoms with Crippen LogP contribution in [-0.2, 0) is 92.9 Å². The van der Waals surface area contributed by atoms with Crippen molar-refractivity contribution in [3.05, 3.63) is 346 Å². The first-order chi connectivity index (χ1) is 50.9. The summed E-state index contributed by atoms with van der Waals surface area (Å²) < 4.78 is 81.5. The number of aryl methyl sites for hydroxylation is 5. The van der Waals surface area contributed by atoms with Gasteiger partial charge in [-0.2, -0.15) is 62.1 Å². The fraction of sp³-hybridized carbons (Fsp3) is 0.148. The number of anilines is 3. The zero-order valence-electron chi connectivity index (χ0n) is 61.3. The third-order valence-corrected chi connectivity index (χ3v) is 15.0. The second-order valence-electron chi connectivity index (χ2n) is 24.8. The van der Waals surface area contributed by atoms with Gasteiger partial charge in [0.05, 0.1) is 5.69 Å². The first-order valence-electron chi connectivity index (χ1n) is 32.8. The summed E-state index contributed by atoms with van der Waals surface area (Å²) in [6.07, 6.45) is 30.3. The molecule has 0 saturated carbocycles. The molecule has 3 aliphatic heterocycles. The van der Waals surface area contributed by atoms with Crippen LogP contribution in [0.1, 0.15) is 48.6 Å². The number of nitrogens with zero attached hydrogens (tertiary/aromatic N) is 19. The minimum Gasteiger partial charge on any atom is -0.662 e. The number of hydrogen-bond donors (Lipinski definition) is 0. The monoisotopic (exact) mass is 2200 g/mol. The standard InChI is InChI=1S/C12H14N3.C11H12N2.3C10H8F2N2.C10H10N3.C9H8N3.C9H7N2.4Ir/c1-12(2,3)9-4-6-13-11(8-9)10-5-7-14-15-10;1-10-3-5-11(6-4-10)13-8-7-12(2)9-13;3*1-13-4-5-14(7-13)10-3-2-8(11)6-9(10)12;1-7-5-8(2)10(11-6-7)9-3-4-12-13-9;1-7-2-4-10-9(6-7)8-3-5-11-12-8;1-2-6-10-8(4-1)9-5-3-7-11-9;;;;/h4-8H,1-3H3;3-5,7-9H,1-2H3;3*2,4-7H,1H3;3-6H,1-2H3;2-6H,1H3;1-7H;;;;/q-1;;3*-2;3*-1;;3*+3. The van der Waals surface area contributed by atoms with Crippen LogP contribution in [-0.4, -0.2) is 80.2 Å². The number of hydrogen-bond acceptors (Lipinski definition) is 13. The molecule has 0 bridgehead atoms. The zero-order chi connectivity index (χ0) is 75.7. The Kier molecular flexibility index (Phi) is 36.5. The van der Waals surface area contributed by atoms with Crippen LogP contribution in [0, 0.1) is 107 Å². The summed E-state index contributed by atoms with van der Waals surface area (Å²) in [5, 5.41) is 23.2. The van der Waals surface area contributed by atoms with E-state index in [1.165, 1.54) is 37.0 Å². The molecule has 573 valence electrons. The molecule has 1 radical (unpaired) electrons. The molecule has 0 N–H and O–H groups in total. The van der Waals surface area contributed by atoms with E-state index in [1.54, 1.807) is 109 Å². The van der Waals surface area contributed by atoms with E-state index in [4.69, 9.17) is 0 Å². The maximum atomic E-state index is 13.2. The van der Waals surface area contributed by atoms with Gasteiger partial charge in [0.1, 0.15) is 12.4 Å². The van der Waals surface area contributed by atoms with E-state index in [9.17, 15) is 26.3 Å². The topological polar surface area (TPSA) is 176 Å². The maximum absolute atomic E-state index is 13.2. The van der Waals surface area contributed by atoms with E-state index in [2.05, 4.69) is 132 Å². The first kappa shape index (κ1) is 90.4. The number of imidazole rings is 1. The first-order valence-corrected chi connectivity index (χ1v) is 32.8. The Morgan fingerprint density at radius 2 is 0.927 bits per heavy atom. The smallest absolute Gasteiger partial charge is 0.662 e. The Balaban J connectivity index is 0.000000224. The molecule has 110 heavy (non-hydrogen) atoms. The number of benzene rings is 4. The molecule has 3 aliphatic rings. The van der Waals surface area contributed by atoms with Crippen molar-refractivity contribution < 1.29 is 107 Å². The summed E-state index contributed by atoms with van der Waals surface area (Å²) in [6, 6.07) is 48.2. The van der Waals surface area contributed by atoms with Crippen LogP contribution in [0.2, 0.25) is 0 Å². The van der Waals surface area contributed by atoms with E-state index < -0.39 is 34.9 Å². The van der Waals surface area contributed by atoms with Crippen molar-refractivity contribution in [1.29, 1.82) is 0 Å². The molecule has 29 heteroatoms. The van der Waals surface area contributed by atoms with Crippen molar-refractivity contribution in [2.75, 3.05) is 35.8 Å². The van der Waals surface area contributed by atoms with Gasteiger partial charge in [-0.25, -0.2) is 4.57 Å². The molecule has 0 unspecified atom stereocenters. The molecule has 0 fully saturated rings. The Morgan fingerprint density at radius 1 is 0.436 bits per heavy atom. The average molecular weight is 2200 g/mol. The van der Waals surface area contributed by atoms with Gasteiger partial charge in [-0.1, -0.05) is 104 Å². The maximum Gasteiger partial charge on any atom is 3.00 e. The van der Waals surface area contributed by atoms with Crippen molar-refractivity contribution in [2.24, 2.45) is 7.05 Å². The van der Waals surface area contributed by atoms with E-state index in [0.29, 0.717) is 0 Å². The third kappa shape index (κ3) is 27.7. The predicted octanol–water partition coefficient (Wildman–Crippen LogP) is 15.7. The van der Waals surface area contributed by atoms with Gasteiger partial charge in [0.2, 0.25) is 0 Å². The summed E-state index contributed by atoms with van der Waals surface area (Å²) in [5.74, 6) is -3.74. The van der Waals surface area contributed by atoms with Crippen LogP contribution in [0.3, 0.4) is 0 Å². The molecule has 4 aromatic carbocycles. The molecule has 0 atom stereocenters. The fourth-order valence-corrected chi connectivity index (χ4v) is 9.66. The van der Waals surface area contributed by atoms with Crippen LogP contribution >= 0.6 is 0 Å². The molecule has 0 aliphatic carbocycles. The summed E-state index contributed by atoms with van der Waals surface area (Å²) in [5.41, 5.74) is 14.9. The summed E-state index contributed by atoms with van der Waals surface area (Å²) >= 11 is 0. The van der Waals surface area contributed by atoms with Gasteiger partial charge in [-0.3, -0.25) is 50.8 Å². The van der Waals surface area contributed by atoms with Gasteiger partial charge in [0, 0.05) is 128 Å². The number of aromatic nitrogens is 13. The minimum atomic E-state index is -0.624. The molecule has 0 saturated heterocycles. The van der Waals surface area contributed by atoms with Gasteiger partial charge >= 0.3 is 60.3 Å². The molecule has 9 aromatic heterocycles. The SMILES string of the molecule is CC(C)(C)c1ccnc(-c2ccn[n-]2)c1.CN1C=CN(c2[c-]cc(F)cc2F)[CH-]1.CN1C=CN(c2[c-]cc(F)cc2F)[CH-]1.CN1C=CN(c2[c-]cc(F)cc2F)[CH-]1.Cc1c[c-]c(-n2ccn(C)[cH+]2)cc1.Cc1ccnc(-c2ccn[n-]2)c1.Cc1cnc(-c2ccn[n-]2)c(C)c1.[Ir+3].[Ir+3].[Ir+3].[Ir].c1ccc(-c2ccc[n-]2)nc1. The molecular weight excluding hydrogens is 2120 g/mol. The van der Waals surface area contributed by atoms with E-state index in [0.717, 1.165) is 93.2 Å². The molecular formula is C81H75F6Ir4N19-. The summed E-state index contributed by atoms with van der Waals surface area (Å²) in [7, 11) is 7.46. The van der Waals surface area contributed by atoms with Crippen molar-refractivity contribution in [3.8, 4) is 51.2 Å². The van der Waals surface area contributed by atoms with Crippen LogP contribution in [0.5, 0.6) is 0 Å². The quantitative estimate of drug-likeness (QED) is 0.104. The van der Waals surface area contributed by atoms with Gasteiger partial charge in [0.15, 0.2) is 6.33 Å². The van der Waals surface area contributed by atoms with Crippen molar-refractivity contribution in [1.82, 2.24) is 79.3 Å². The van der Waals surface area contributed by atoms with Crippen molar-refractivity contribution in [3.63, 3.8) is 0 Å². The Hall–Kier alpha value is -10.2. The van der Waals surface area contributed by atoms with Crippen LogP contribution in [0.25, 0.3) is 51.2 Å². The Morgan fingerprint density at radius 3 is 1.31 bits per heavy atom. The van der Waals surface area contributed by atoms with E-state index in [-0.39, 0.29) is 103 Å². The molecule has 16 rings (SSSR count). The second kappa shape index (κ2) is 44.5. The van der Waals surface area contributed by atoms with Crippen LogP contribution < -0.4 is 35.0 Å². The third-order valence-electron chi connectivity index (χ3n) is 15.0. The van der Waals surface area contributed by atoms with E-state index in [1.807, 2.05) is 162 Å². The van der Waals surface area contributed by atoms with Crippen LogP contribution in [0.15, 0.2) is 239 Å². The summed E-state index contributed by atoms with van der Waals surface area (Å²) in [4.78, 5) is 31.0. The van der Waals surface area contributed by atoms with Gasteiger partial charge in [0.25, 0.3) is 0 Å². The van der Waals surface area contributed by atoms with Crippen molar-refractivity contribution in [2.45, 2.75) is 53.9 Å². The number of halogens is 6. The van der Waals surface area contributed by atoms with Crippen LogP contribution in [0.4, 0.5) is 43.4 Å². The van der Waals surface area contributed by atoms with Gasteiger partial charge < -0.3 is 65.0 Å². The minimum absolute atomic E-state index is 0. The normalized spacial score (nSPS) is 12.0. The summed E-state index contributed by atoms with van der Waals surface area (Å²) in [6.45, 7) is 19.7. The van der Waals surface area contributed by atoms with Gasteiger partial charge in [-0.05, 0) is 143 Å².